The van der Waals surface area contributed by atoms with Gasteiger partial charge in [0.1, 0.15) is 11.4 Å². The van der Waals surface area contributed by atoms with Gasteiger partial charge in [-0.25, -0.2) is 0 Å². The topological polar surface area (TPSA) is 33.3 Å². The van der Waals surface area contributed by atoms with Crippen molar-refractivity contribution in [3.63, 3.8) is 0 Å². The van der Waals surface area contributed by atoms with E-state index in [2.05, 4.69) is 49.6 Å². The molecule has 1 heterocycles. The molecule has 0 aromatic heterocycles. The predicted molar refractivity (Wildman–Crippen MR) is 88.2 cm³/mol. The maximum Gasteiger partial charge on any atom is 0.143 e. The van der Waals surface area contributed by atoms with Gasteiger partial charge in [0.25, 0.3) is 0 Å². The molecule has 1 saturated carbocycles. The summed E-state index contributed by atoms with van der Waals surface area (Å²) in [5, 5.41) is 7.26. The normalized spacial score (nSPS) is 22.2. The van der Waals surface area contributed by atoms with Crippen LogP contribution in [0.15, 0.2) is 18.2 Å². The maximum atomic E-state index is 6.01. The third kappa shape index (κ3) is 3.70. The molecule has 1 atom stereocenters. The minimum absolute atomic E-state index is 0.119. The zero-order chi connectivity index (χ0) is 14.9. The van der Waals surface area contributed by atoms with Crippen LogP contribution in [0.25, 0.3) is 0 Å². The Balaban J connectivity index is 1.61. The van der Waals surface area contributed by atoms with Crippen LogP contribution in [0, 0.1) is 0 Å². The van der Waals surface area contributed by atoms with Gasteiger partial charge in [0.05, 0.1) is 12.2 Å². The van der Waals surface area contributed by atoms with Crippen LogP contribution in [0.2, 0.25) is 0 Å². The molecule has 0 saturated heterocycles. The van der Waals surface area contributed by atoms with E-state index in [0.717, 1.165) is 30.4 Å². The van der Waals surface area contributed by atoms with E-state index in [9.17, 15) is 0 Å². The molecule has 0 amide bonds. The smallest absolute Gasteiger partial charge is 0.143 e. The molecular formula is C18H28N2O. The van der Waals surface area contributed by atoms with Crippen molar-refractivity contribution in [3.05, 3.63) is 23.8 Å². The van der Waals surface area contributed by atoms with Crippen LogP contribution in [0.4, 0.5) is 5.69 Å². The summed E-state index contributed by atoms with van der Waals surface area (Å²) in [6, 6.07) is 7.83. The molecule has 2 N–H and O–H groups in total. The first-order chi connectivity index (χ1) is 10.0. The van der Waals surface area contributed by atoms with E-state index in [1.165, 1.54) is 31.2 Å². The Hall–Kier alpha value is -1.22. The van der Waals surface area contributed by atoms with E-state index in [1.807, 2.05) is 0 Å². The SMILES string of the molecule is CC(Cc1ccc2c(c1)NCC(C)(C)O2)NC1CCCC1. The molecule has 1 fully saturated rings. The predicted octanol–water partition coefficient (Wildman–Crippen LogP) is 3.73. The lowest BCUT2D eigenvalue weighted by molar-refractivity contribution is 0.116. The molecule has 116 valence electrons. The van der Waals surface area contributed by atoms with Gasteiger partial charge in [-0.2, -0.15) is 0 Å². The Labute approximate surface area is 128 Å². The zero-order valence-corrected chi connectivity index (χ0v) is 13.5. The summed E-state index contributed by atoms with van der Waals surface area (Å²) in [6.07, 6.45) is 6.55. The van der Waals surface area contributed by atoms with E-state index in [4.69, 9.17) is 4.74 Å². The summed E-state index contributed by atoms with van der Waals surface area (Å²) >= 11 is 0. The van der Waals surface area contributed by atoms with Crippen molar-refractivity contribution in [1.29, 1.82) is 0 Å². The molecule has 0 bridgehead atoms. The fourth-order valence-electron chi connectivity index (χ4n) is 3.48. The van der Waals surface area contributed by atoms with Gasteiger partial charge in [0.15, 0.2) is 0 Å². The van der Waals surface area contributed by atoms with Crippen LogP contribution < -0.4 is 15.4 Å². The maximum absolute atomic E-state index is 6.01. The van der Waals surface area contributed by atoms with Crippen molar-refractivity contribution in [2.75, 3.05) is 11.9 Å². The van der Waals surface area contributed by atoms with E-state index in [-0.39, 0.29) is 5.60 Å². The average Bonchev–Trinajstić information content (AvgIpc) is 2.91. The van der Waals surface area contributed by atoms with Crippen molar-refractivity contribution >= 4 is 5.69 Å². The van der Waals surface area contributed by atoms with Crippen molar-refractivity contribution in [2.24, 2.45) is 0 Å². The molecule has 2 aliphatic rings. The van der Waals surface area contributed by atoms with E-state index in [0.29, 0.717) is 6.04 Å². The van der Waals surface area contributed by atoms with Crippen molar-refractivity contribution in [3.8, 4) is 5.75 Å². The number of fused-ring (bicyclic) bond motifs is 1. The first kappa shape index (κ1) is 14.7. The molecule has 0 spiro atoms. The second kappa shape index (κ2) is 5.88. The summed E-state index contributed by atoms with van der Waals surface area (Å²) in [5.41, 5.74) is 2.40. The van der Waals surface area contributed by atoms with Crippen LogP contribution in [0.1, 0.15) is 52.0 Å². The molecule has 3 heteroatoms. The van der Waals surface area contributed by atoms with Crippen LogP contribution in [0.3, 0.4) is 0 Å². The van der Waals surface area contributed by atoms with Gasteiger partial charge < -0.3 is 15.4 Å². The van der Waals surface area contributed by atoms with Gasteiger partial charge in [-0.1, -0.05) is 18.9 Å². The lowest BCUT2D eigenvalue weighted by atomic mass is 10.0. The molecule has 21 heavy (non-hydrogen) atoms. The van der Waals surface area contributed by atoms with Gasteiger partial charge in [0.2, 0.25) is 0 Å². The van der Waals surface area contributed by atoms with Gasteiger partial charge in [0, 0.05) is 12.1 Å². The van der Waals surface area contributed by atoms with Gasteiger partial charge >= 0.3 is 0 Å². The van der Waals surface area contributed by atoms with Gasteiger partial charge in [-0.05, 0) is 57.7 Å². The quantitative estimate of drug-likeness (QED) is 0.885. The number of benzene rings is 1. The minimum atomic E-state index is -0.119. The number of hydrogen-bond acceptors (Lipinski definition) is 3. The lowest BCUT2D eigenvalue weighted by Crippen LogP contribution is -2.40. The molecule has 1 unspecified atom stereocenters. The molecule has 3 nitrogen and oxygen atoms in total. The molecular weight excluding hydrogens is 260 g/mol. The Morgan fingerprint density at radius 3 is 2.86 bits per heavy atom. The largest absolute Gasteiger partial charge is 0.484 e. The second-order valence-electron chi connectivity index (χ2n) is 7.30. The highest BCUT2D eigenvalue weighted by molar-refractivity contribution is 5.60. The molecule has 1 aliphatic carbocycles. The van der Waals surface area contributed by atoms with E-state index >= 15 is 0 Å². The number of rotatable bonds is 4. The summed E-state index contributed by atoms with van der Waals surface area (Å²) in [6.45, 7) is 7.39. The minimum Gasteiger partial charge on any atom is -0.484 e. The number of hydrogen-bond donors (Lipinski definition) is 2. The van der Waals surface area contributed by atoms with Crippen molar-refractivity contribution < 1.29 is 4.74 Å². The van der Waals surface area contributed by atoms with Crippen molar-refractivity contribution in [1.82, 2.24) is 5.32 Å². The Bertz CT molecular complexity index is 492. The second-order valence-corrected chi connectivity index (χ2v) is 7.30. The monoisotopic (exact) mass is 288 g/mol. The molecule has 1 aliphatic heterocycles. The van der Waals surface area contributed by atoms with Crippen LogP contribution in [-0.2, 0) is 6.42 Å². The summed E-state index contributed by atoms with van der Waals surface area (Å²) < 4.78 is 6.01. The highest BCUT2D eigenvalue weighted by atomic mass is 16.5. The highest BCUT2D eigenvalue weighted by Crippen LogP contribution is 2.33. The number of ether oxygens (including phenoxy) is 1. The number of nitrogens with one attached hydrogen (secondary N) is 2. The van der Waals surface area contributed by atoms with Crippen LogP contribution >= 0.6 is 0 Å². The third-order valence-electron chi connectivity index (χ3n) is 4.55. The summed E-state index contributed by atoms with van der Waals surface area (Å²) in [7, 11) is 0. The Morgan fingerprint density at radius 2 is 2.10 bits per heavy atom. The lowest BCUT2D eigenvalue weighted by Gasteiger charge is -2.33. The Kier molecular flexibility index (Phi) is 4.12. The average molecular weight is 288 g/mol. The standard InChI is InChI=1S/C18H28N2O/c1-13(20-15-6-4-5-7-15)10-14-8-9-17-16(11-14)19-12-18(2,3)21-17/h8-9,11,13,15,19-20H,4-7,10,12H2,1-3H3. The fourth-order valence-corrected chi connectivity index (χ4v) is 3.48. The summed E-state index contributed by atoms with van der Waals surface area (Å²) in [4.78, 5) is 0. The van der Waals surface area contributed by atoms with E-state index < -0.39 is 0 Å². The van der Waals surface area contributed by atoms with Crippen LogP contribution in [0.5, 0.6) is 5.75 Å². The van der Waals surface area contributed by atoms with E-state index in [1.54, 1.807) is 0 Å². The van der Waals surface area contributed by atoms with Gasteiger partial charge in [-0.15, -0.1) is 0 Å². The highest BCUT2D eigenvalue weighted by Gasteiger charge is 2.26. The molecule has 3 rings (SSSR count). The Morgan fingerprint density at radius 1 is 1.33 bits per heavy atom. The summed E-state index contributed by atoms with van der Waals surface area (Å²) in [5.74, 6) is 0.978. The molecule has 1 aromatic carbocycles. The molecule has 0 radical (unpaired) electrons. The van der Waals surface area contributed by atoms with Crippen LogP contribution in [-0.4, -0.2) is 24.2 Å². The molecule has 1 aromatic rings. The first-order valence-corrected chi connectivity index (χ1v) is 8.34. The zero-order valence-electron chi connectivity index (χ0n) is 13.5. The number of anilines is 1. The first-order valence-electron chi connectivity index (χ1n) is 8.34. The van der Waals surface area contributed by atoms with Gasteiger partial charge in [-0.3, -0.25) is 0 Å². The fraction of sp³-hybridized carbons (Fsp3) is 0.667. The van der Waals surface area contributed by atoms with Crippen molar-refractivity contribution in [2.45, 2.75) is 70.6 Å². The third-order valence-corrected chi connectivity index (χ3v) is 4.55.